The zero-order valence-electron chi connectivity index (χ0n) is 11.6. The van der Waals surface area contributed by atoms with Crippen LogP contribution in [0.2, 0.25) is 0 Å². The first-order chi connectivity index (χ1) is 9.32. The number of rotatable bonds is 3. The SMILES string of the molecule is CC(C)(C)n1c(CCl)nnc1Cc1ccc(F)cc1F. The van der Waals surface area contributed by atoms with E-state index in [1.165, 1.54) is 12.1 Å². The van der Waals surface area contributed by atoms with Gasteiger partial charge in [-0.3, -0.25) is 0 Å². The second-order valence-corrected chi connectivity index (χ2v) is 5.85. The van der Waals surface area contributed by atoms with Crippen molar-refractivity contribution in [2.24, 2.45) is 0 Å². The lowest BCUT2D eigenvalue weighted by Crippen LogP contribution is -2.26. The number of aromatic nitrogens is 3. The van der Waals surface area contributed by atoms with Crippen LogP contribution in [0.1, 0.15) is 38.0 Å². The lowest BCUT2D eigenvalue weighted by atomic mass is 10.1. The summed E-state index contributed by atoms with van der Waals surface area (Å²) in [6.07, 6.45) is 0.243. The molecule has 0 saturated carbocycles. The molecule has 0 aliphatic carbocycles. The first kappa shape index (κ1) is 14.9. The number of halogens is 3. The smallest absolute Gasteiger partial charge is 0.148 e. The van der Waals surface area contributed by atoms with E-state index in [0.29, 0.717) is 17.2 Å². The molecule has 0 bridgehead atoms. The Morgan fingerprint density at radius 3 is 2.35 bits per heavy atom. The summed E-state index contributed by atoms with van der Waals surface area (Å²) in [5, 5.41) is 8.11. The zero-order chi connectivity index (χ0) is 14.9. The summed E-state index contributed by atoms with van der Waals surface area (Å²) in [4.78, 5) is 0. The molecule has 1 aromatic heterocycles. The summed E-state index contributed by atoms with van der Waals surface area (Å²) in [7, 11) is 0. The number of nitrogens with zero attached hydrogens (tertiary/aromatic N) is 3. The zero-order valence-corrected chi connectivity index (χ0v) is 12.4. The highest BCUT2D eigenvalue weighted by Crippen LogP contribution is 2.22. The number of alkyl halides is 1. The third kappa shape index (κ3) is 2.98. The van der Waals surface area contributed by atoms with Crippen molar-refractivity contribution < 1.29 is 8.78 Å². The summed E-state index contributed by atoms with van der Waals surface area (Å²) in [6.45, 7) is 5.99. The van der Waals surface area contributed by atoms with Crippen LogP contribution in [0, 0.1) is 11.6 Å². The maximum absolute atomic E-state index is 13.7. The third-order valence-electron chi connectivity index (χ3n) is 2.95. The van der Waals surface area contributed by atoms with Gasteiger partial charge in [-0.05, 0) is 32.4 Å². The molecule has 6 heteroatoms. The fourth-order valence-electron chi connectivity index (χ4n) is 2.16. The van der Waals surface area contributed by atoms with Gasteiger partial charge in [0.2, 0.25) is 0 Å². The molecular weight excluding hydrogens is 284 g/mol. The van der Waals surface area contributed by atoms with Crippen LogP contribution in [0.25, 0.3) is 0 Å². The molecule has 0 N–H and O–H groups in total. The Balaban J connectivity index is 2.41. The Morgan fingerprint density at radius 2 is 1.80 bits per heavy atom. The molecule has 1 aromatic carbocycles. The van der Waals surface area contributed by atoms with Gasteiger partial charge < -0.3 is 4.57 Å². The average molecular weight is 300 g/mol. The summed E-state index contributed by atoms with van der Waals surface area (Å²) < 4.78 is 28.5. The fourth-order valence-corrected chi connectivity index (χ4v) is 2.34. The highest BCUT2D eigenvalue weighted by Gasteiger charge is 2.23. The molecule has 2 rings (SSSR count). The van der Waals surface area contributed by atoms with Crippen molar-refractivity contribution in [1.29, 1.82) is 0 Å². The maximum Gasteiger partial charge on any atom is 0.148 e. The van der Waals surface area contributed by atoms with Crippen LogP contribution < -0.4 is 0 Å². The van der Waals surface area contributed by atoms with E-state index in [1.54, 1.807) is 0 Å². The number of hydrogen-bond acceptors (Lipinski definition) is 2. The highest BCUT2D eigenvalue weighted by atomic mass is 35.5. The van der Waals surface area contributed by atoms with Gasteiger partial charge in [0.05, 0.1) is 5.88 Å². The van der Waals surface area contributed by atoms with Crippen LogP contribution in [0.15, 0.2) is 18.2 Å². The van der Waals surface area contributed by atoms with Crippen molar-refractivity contribution in [2.45, 2.75) is 38.6 Å². The van der Waals surface area contributed by atoms with E-state index in [0.717, 1.165) is 6.07 Å². The molecule has 0 fully saturated rings. The molecule has 3 nitrogen and oxygen atoms in total. The number of benzene rings is 1. The molecule has 20 heavy (non-hydrogen) atoms. The van der Waals surface area contributed by atoms with E-state index in [1.807, 2.05) is 25.3 Å². The molecule has 1 heterocycles. The van der Waals surface area contributed by atoms with Gasteiger partial charge in [0, 0.05) is 18.0 Å². The van der Waals surface area contributed by atoms with E-state index in [4.69, 9.17) is 11.6 Å². The van der Waals surface area contributed by atoms with Gasteiger partial charge in [0.25, 0.3) is 0 Å². The normalized spacial score (nSPS) is 11.9. The van der Waals surface area contributed by atoms with Crippen LogP contribution in [-0.2, 0) is 17.8 Å². The molecule has 0 unspecified atom stereocenters. The van der Waals surface area contributed by atoms with Crippen molar-refractivity contribution >= 4 is 11.6 Å². The molecule has 0 saturated heterocycles. The second-order valence-electron chi connectivity index (χ2n) is 5.58. The standard InChI is InChI=1S/C14H16ClF2N3/c1-14(2,3)20-12(18-19-13(20)8-15)6-9-4-5-10(16)7-11(9)17/h4-5,7H,6,8H2,1-3H3. The minimum atomic E-state index is -0.593. The van der Waals surface area contributed by atoms with E-state index in [-0.39, 0.29) is 17.8 Å². The fraction of sp³-hybridized carbons (Fsp3) is 0.429. The predicted octanol–water partition coefficient (Wildman–Crippen LogP) is 3.64. The molecule has 0 aliphatic heterocycles. The van der Waals surface area contributed by atoms with Crippen molar-refractivity contribution in [3.05, 3.63) is 47.0 Å². The van der Waals surface area contributed by atoms with Gasteiger partial charge in [0.15, 0.2) is 0 Å². The van der Waals surface area contributed by atoms with Crippen LogP contribution in [-0.4, -0.2) is 14.8 Å². The third-order valence-corrected chi connectivity index (χ3v) is 3.19. The van der Waals surface area contributed by atoms with Crippen molar-refractivity contribution in [1.82, 2.24) is 14.8 Å². The van der Waals surface area contributed by atoms with E-state index >= 15 is 0 Å². The van der Waals surface area contributed by atoms with Crippen LogP contribution in [0.5, 0.6) is 0 Å². The summed E-state index contributed by atoms with van der Waals surface area (Å²) in [5.74, 6) is 0.303. The van der Waals surface area contributed by atoms with Gasteiger partial charge in [0.1, 0.15) is 23.3 Å². The Hall–Kier alpha value is -1.49. The largest absolute Gasteiger partial charge is 0.308 e. The van der Waals surface area contributed by atoms with Gasteiger partial charge in [-0.2, -0.15) is 0 Å². The van der Waals surface area contributed by atoms with Crippen LogP contribution >= 0.6 is 11.6 Å². The molecule has 0 spiro atoms. The quantitative estimate of drug-likeness (QED) is 0.810. The monoisotopic (exact) mass is 299 g/mol. The van der Waals surface area contributed by atoms with Gasteiger partial charge in [-0.15, -0.1) is 21.8 Å². The van der Waals surface area contributed by atoms with Crippen LogP contribution in [0.3, 0.4) is 0 Å². The Bertz CT molecular complexity index is 617. The Kier molecular flexibility index (Phi) is 4.09. The molecule has 0 amide bonds. The first-order valence-electron chi connectivity index (χ1n) is 6.26. The second kappa shape index (κ2) is 5.48. The minimum absolute atomic E-state index is 0.232. The van der Waals surface area contributed by atoms with E-state index < -0.39 is 11.6 Å². The molecule has 2 aromatic rings. The van der Waals surface area contributed by atoms with Crippen molar-refractivity contribution in [2.75, 3.05) is 0 Å². The summed E-state index contributed by atoms with van der Waals surface area (Å²) >= 11 is 5.86. The molecule has 108 valence electrons. The van der Waals surface area contributed by atoms with Gasteiger partial charge in [-0.25, -0.2) is 8.78 Å². The number of hydrogen-bond donors (Lipinski definition) is 0. The topological polar surface area (TPSA) is 30.7 Å². The lowest BCUT2D eigenvalue weighted by Gasteiger charge is -2.24. The van der Waals surface area contributed by atoms with Gasteiger partial charge in [-0.1, -0.05) is 6.07 Å². The Morgan fingerprint density at radius 1 is 1.15 bits per heavy atom. The van der Waals surface area contributed by atoms with Crippen LogP contribution in [0.4, 0.5) is 8.78 Å². The highest BCUT2D eigenvalue weighted by molar-refractivity contribution is 6.16. The summed E-state index contributed by atoms with van der Waals surface area (Å²) in [5.41, 5.74) is 0.116. The molecule has 0 aliphatic rings. The molecular formula is C14H16ClF2N3. The average Bonchev–Trinajstić information content (AvgIpc) is 2.75. The minimum Gasteiger partial charge on any atom is -0.308 e. The maximum atomic E-state index is 13.7. The Labute approximate surface area is 121 Å². The lowest BCUT2D eigenvalue weighted by molar-refractivity contribution is 0.374. The van der Waals surface area contributed by atoms with E-state index in [2.05, 4.69) is 10.2 Å². The van der Waals surface area contributed by atoms with Gasteiger partial charge >= 0.3 is 0 Å². The molecule has 0 atom stereocenters. The first-order valence-corrected chi connectivity index (χ1v) is 6.80. The van der Waals surface area contributed by atoms with Crippen molar-refractivity contribution in [3.8, 4) is 0 Å². The predicted molar refractivity (Wildman–Crippen MR) is 73.7 cm³/mol. The van der Waals surface area contributed by atoms with E-state index in [9.17, 15) is 8.78 Å². The van der Waals surface area contributed by atoms with Crippen molar-refractivity contribution in [3.63, 3.8) is 0 Å². The molecule has 0 radical (unpaired) electrons. The summed E-state index contributed by atoms with van der Waals surface area (Å²) in [6, 6.07) is 3.53.